The van der Waals surface area contributed by atoms with Crippen molar-refractivity contribution in [2.45, 2.75) is 43.9 Å². The minimum atomic E-state index is -0.798. The van der Waals surface area contributed by atoms with Crippen LogP contribution in [0.2, 0.25) is 0 Å². The van der Waals surface area contributed by atoms with Crippen molar-refractivity contribution in [1.29, 1.82) is 0 Å². The highest BCUT2D eigenvalue weighted by atomic mass is 32.2. The largest absolute Gasteiger partial charge is 0.384 e. The number of nitrogens with two attached hydrogens (primary N) is 1. The van der Waals surface area contributed by atoms with Crippen molar-refractivity contribution >= 4 is 40.0 Å². The molecule has 4 aromatic rings. The van der Waals surface area contributed by atoms with Crippen molar-refractivity contribution in [1.82, 2.24) is 28.7 Å². The standard InChI is InChI=1S/C21H21N7O4S/c1-2-9-26-18(31)12-5-3-4-6-13(12)28-19(26)24-25-21(28)33-10-14(29)15-16(22)27(11-7-8-11)20(32)23-17(15)30/h3-6,11H,2,7-10,22H2,1H3,(H,23,30,32). The smallest absolute Gasteiger partial charge is 0.330 e. The fourth-order valence-corrected chi connectivity index (χ4v) is 4.80. The Morgan fingerprint density at radius 2 is 1.97 bits per heavy atom. The number of aryl methyl sites for hydroxylation is 1. The molecule has 3 heterocycles. The van der Waals surface area contributed by atoms with Gasteiger partial charge in [0.25, 0.3) is 11.1 Å². The molecule has 0 saturated heterocycles. The van der Waals surface area contributed by atoms with Crippen LogP contribution in [0.4, 0.5) is 5.82 Å². The zero-order valence-electron chi connectivity index (χ0n) is 17.8. The Hall–Kier alpha value is -3.67. The second-order valence-corrected chi connectivity index (χ2v) is 8.87. The Morgan fingerprint density at radius 1 is 1.21 bits per heavy atom. The summed E-state index contributed by atoms with van der Waals surface area (Å²) in [6, 6.07) is 7.05. The number of hydrogen-bond acceptors (Lipinski definition) is 8. The zero-order valence-corrected chi connectivity index (χ0v) is 18.6. The number of carbonyl (C=O) groups is 1. The maximum atomic E-state index is 13.0. The van der Waals surface area contributed by atoms with E-state index in [0.717, 1.165) is 31.0 Å². The molecule has 1 aliphatic rings. The first-order valence-corrected chi connectivity index (χ1v) is 11.6. The van der Waals surface area contributed by atoms with Gasteiger partial charge in [0.1, 0.15) is 11.4 Å². The summed E-state index contributed by atoms with van der Waals surface area (Å²) in [7, 11) is 0. The van der Waals surface area contributed by atoms with Gasteiger partial charge in [0.2, 0.25) is 5.78 Å². The van der Waals surface area contributed by atoms with E-state index < -0.39 is 17.0 Å². The van der Waals surface area contributed by atoms with Crippen molar-refractivity contribution in [3.8, 4) is 0 Å². The Kier molecular flexibility index (Phi) is 5.16. The average molecular weight is 468 g/mol. The molecule has 1 aliphatic carbocycles. The number of Topliss-reactive ketones (excluding diaryl/α,β-unsaturated/α-hetero) is 1. The fraction of sp³-hybridized carbons (Fsp3) is 0.333. The van der Waals surface area contributed by atoms with Gasteiger partial charge in [-0.1, -0.05) is 30.8 Å². The van der Waals surface area contributed by atoms with Crippen LogP contribution >= 0.6 is 11.8 Å². The van der Waals surface area contributed by atoms with Crippen molar-refractivity contribution in [2.75, 3.05) is 11.5 Å². The molecular weight excluding hydrogens is 446 g/mol. The van der Waals surface area contributed by atoms with E-state index >= 15 is 0 Å². The molecule has 12 heteroatoms. The summed E-state index contributed by atoms with van der Waals surface area (Å²) >= 11 is 1.09. The highest BCUT2D eigenvalue weighted by Crippen LogP contribution is 2.35. The predicted octanol–water partition coefficient (Wildman–Crippen LogP) is 1.20. The molecule has 33 heavy (non-hydrogen) atoms. The number of hydrogen-bond donors (Lipinski definition) is 2. The molecule has 1 saturated carbocycles. The number of thioether (sulfide) groups is 1. The lowest BCUT2D eigenvalue weighted by atomic mass is 10.2. The Labute approximate surface area is 190 Å². The summed E-state index contributed by atoms with van der Waals surface area (Å²) < 4.78 is 4.58. The van der Waals surface area contributed by atoms with Gasteiger partial charge >= 0.3 is 5.69 Å². The third-order valence-electron chi connectivity index (χ3n) is 5.63. The zero-order chi connectivity index (χ0) is 23.3. The van der Waals surface area contributed by atoms with Crippen LogP contribution in [-0.4, -0.2) is 40.3 Å². The monoisotopic (exact) mass is 467 g/mol. The first kappa shape index (κ1) is 21.2. The summed E-state index contributed by atoms with van der Waals surface area (Å²) in [6.07, 6.45) is 2.29. The van der Waals surface area contributed by atoms with Gasteiger partial charge in [0, 0.05) is 12.6 Å². The molecule has 0 bridgehead atoms. The second-order valence-electron chi connectivity index (χ2n) is 7.92. The SMILES string of the molecule is CCCn1c(=O)c2ccccc2n2c(SCC(=O)c3c(N)n(C4CC4)c(=O)[nH]c3=O)nnc12. The van der Waals surface area contributed by atoms with E-state index in [0.29, 0.717) is 28.4 Å². The van der Waals surface area contributed by atoms with E-state index in [2.05, 4.69) is 15.2 Å². The topological polar surface area (TPSA) is 150 Å². The number of carbonyl (C=O) groups excluding carboxylic acids is 1. The Bertz CT molecular complexity index is 1590. The quantitative estimate of drug-likeness (QED) is 0.304. The molecule has 1 fully saturated rings. The lowest BCUT2D eigenvalue weighted by Crippen LogP contribution is -2.36. The highest BCUT2D eigenvalue weighted by molar-refractivity contribution is 7.99. The molecule has 0 radical (unpaired) electrons. The van der Waals surface area contributed by atoms with Crippen LogP contribution in [0.1, 0.15) is 42.6 Å². The summed E-state index contributed by atoms with van der Waals surface area (Å²) in [6.45, 7) is 2.44. The molecule has 0 amide bonds. The van der Waals surface area contributed by atoms with Crippen LogP contribution in [0.5, 0.6) is 0 Å². The third-order valence-corrected chi connectivity index (χ3v) is 6.56. The number of ketones is 1. The van der Waals surface area contributed by atoms with Gasteiger partial charge in [-0.15, -0.1) is 10.2 Å². The van der Waals surface area contributed by atoms with Gasteiger partial charge in [0.05, 0.1) is 16.7 Å². The first-order valence-electron chi connectivity index (χ1n) is 10.6. The van der Waals surface area contributed by atoms with Crippen LogP contribution < -0.4 is 22.5 Å². The Morgan fingerprint density at radius 3 is 2.70 bits per heavy atom. The normalized spacial score (nSPS) is 13.7. The lowest BCUT2D eigenvalue weighted by Gasteiger charge is -2.11. The summed E-state index contributed by atoms with van der Waals surface area (Å²) in [5.41, 5.74) is 4.90. The molecule has 170 valence electrons. The summed E-state index contributed by atoms with van der Waals surface area (Å²) in [5.74, 6) is -0.380. The van der Waals surface area contributed by atoms with E-state index in [1.165, 1.54) is 4.57 Å². The highest BCUT2D eigenvalue weighted by Gasteiger charge is 2.30. The number of benzene rings is 1. The molecule has 0 atom stereocenters. The van der Waals surface area contributed by atoms with Gasteiger partial charge in [-0.25, -0.2) is 4.79 Å². The number of H-pyrrole nitrogens is 1. The van der Waals surface area contributed by atoms with Crippen molar-refractivity contribution in [3.63, 3.8) is 0 Å². The van der Waals surface area contributed by atoms with Crippen molar-refractivity contribution in [3.05, 3.63) is 61.0 Å². The molecule has 5 rings (SSSR count). The molecule has 3 aromatic heterocycles. The van der Waals surface area contributed by atoms with E-state index in [1.54, 1.807) is 27.2 Å². The third kappa shape index (κ3) is 3.46. The fourth-order valence-electron chi connectivity index (χ4n) is 3.99. The van der Waals surface area contributed by atoms with Crippen LogP contribution in [0.25, 0.3) is 16.7 Å². The molecule has 0 spiro atoms. The molecule has 0 aliphatic heterocycles. The average Bonchev–Trinajstić information content (AvgIpc) is 3.52. The van der Waals surface area contributed by atoms with E-state index in [1.807, 2.05) is 13.0 Å². The number of nitrogen functional groups attached to an aromatic ring is 1. The van der Waals surface area contributed by atoms with E-state index in [-0.39, 0.29) is 28.7 Å². The van der Waals surface area contributed by atoms with Gasteiger partial charge in [-0.2, -0.15) is 0 Å². The number of aromatic amines is 1. The molecule has 11 nitrogen and oxygen atoms in total. The second kappa shape index (κ2) is 8.03. The molecule has 1 aromatic carbocycles. The summed E-state index contributed by atoms with van der Waals surface area (Å²) in [4.78, 5) is 52.5. The minimum Gasteiger partial charge on any atom is -0.384 e. The van der Waals surface area contributed by atoms with E-state index in [4.69, 9.17) is 5.73 Å². The number of para-hydroxylation sites is 1. The Balaban J connectivity index is 1.55. The van der Waals surface area contributed by atoms with Crippen molar-refractivity contribution in [2.24, 2.45) is 0 Å². The number of fused-ring (bicyclic) bond motifs is 3. The van der Waals surface area contributed by atoms with Crippen LogP contribution in [0.15, 0.2) is 43.8 Å². The number of anilines is 1. The van der Waals surface area contributed by atoms with Crippen molar-refractivity contribution < 1.29 is 4.79 Å². The first-order chi connectivity index (χ1) is 15.9. The number of nitrogens with zero attached hydrogens (tertiary/aromatic N) is 5. The van der Waals surface area contributed by atoms with Crippen LogP contribution in [0, 0.1) is 0 Å². The predicted molar refractivity (Wildman–Crippen MR) is 124 cm³/mol. The maximum absolute atomic E-state index is 13.0. The number of nitrogens with one attached hydrogen (secondary N) is 1. The minimum absolute atomic E-state index is 0.0874. The molecular formula is C21H21N7O4S. The van der Waals surface area contributed by atoms with Gasteiger partial charge < -0.3 is 5.73 Å². The van der Waals surface area contributed by atoms with Gasteiger partial charge in [0.15, 0.2) is 10.9 Å². The summed E-state index contributed by atoms with van der Waals surface area (Å²) in [5, 5.41) is 9.32. The molecule has 0 unspecified atom stereocenters. The van der Waals surface area contributed by atoms with Crippen LogP contribution in [-0.2, 0) is 6.54 Å². The van der Waals surface area contributed by atoms with Crippen LogP contribution in [0.3, 0.4) is 0 Å². The van der Waals surface area contributed by atoms with Gasteiger partial charge in [-0.3, -0.25) is 32.9 Å². The van der Waals surface area contributed by atoms with E-state index in [9.17, 15) is 19.2 Å². The number of rotatable bonds is 7. The number of aromatic nitrogens is 6. The lowest BCUT2D eigenvalue weighted by molar-refractivity contribution is 0.102. The molecule has 3 N–H and O–H groups in total. The maximum Gasteiger partial charge on any atom is 0.330 e. The van der Waals surface area contributed by atoms with Gasteiger partial charge in [-0.05, 0) is 31.4 Å².